The third kappa shape index (κ3) is 4.72. The Hall–Kier alpha value is -2.71. The maximum Gasteiger partial charge on any atom is 0.313 e. The molecule has 0 atom stereocenters. The minimum atomic E-state index is -3.45. The van der Waals surface area contributed by atoms with Crippen LogP contribution in [0, 0.1) is 0 Å². The molecule has 1 fully saturated rings. The van der Waals surface area contributed by atoms with E-state index in [-0.39, 0.29) is 11.4 Å². The smallest absolute Gasteiger partial charge is 0.313 e. The Morgan fingerprint density at radius 2 is 1.52 bits per heavy atom. The minimum absolute atomic E-state index is 0.130. The summed E-state index contributed by atoms with van der Waals surface area (Å²) in [5.41, 5.74) is 1.24. The highest BCUT2D eigenvalue weighted by Gasteiger charge is 2.26. The number of rotatable bonds is 5. The average molecular weight is 387 g/mol. The lowest BCUT2D eigenvalue weighted by molar-refractivity contribution is -0.136. The summed E-state index contributed by atoms with van der Waals surface area (Å²) >= 11 is 0. The van der Waals surface area contributed by atoms with Crippen molar-refractivity contribution in [2.24, 2.45) is 0 Å². The number of carbonyl (C=O) groups excluding carboxylic acids is 2. The molecule has 0 spiro atoms. The van der Waals surface area contributed by atoms with Gasteiger partial charge in [-0.3, -0.25) is 9.59 Å². The third-order valence-electron chi connectivity index (χ3n) is 4.32. The molecule has 0 aromatic heterocycles. The summed E-state index contributed by atoms with van der Waals surface area (Å²) in [6, 6.07) is 15.0. The zero-order chi connectivity index (χ0) is 19.3. The van der Waals surface area contributed by atoms with Gasteiger partial charge in [-0.15, -0.1) is 0 Å². The largest absolute Gasteiger partial charge is 0.344 e. The normalized spacial score (nSPS) is 14.7. The summed E-state index contributed by atoms with van der Waals surface area (Å²) in [5.74, 6) is -1.51. The summed E-state index contributed by atoms with van der Waals surface area (Å²) in [6.45, 7) is 1.23. The molecule has 1 aliphatic rings. The van der Waals surface area contributed by atoms with Crippen molar-refractivity contribution in [1.29, 1.82) is 0 Å². The number of hydrogen-bond donors (Lipinski definition) is 2. The maximum atomic E-state index is 12.5. The fourth-order valence-corrected chi connectivity index (χ4v) is 4.35. The molecule has 142 valence electrons. The first-order valence-corrected chi connectivity index (χ1v) is 10.1. The van der Waals surface area contributed by atoms with Crippen molar-refractivity contribution in [3.63, 3.8) is 0 Å². The number of amides is 2. The molecule has 0 aliphatic carbocycles. The van der Waals surface area contributed by atoms with Gasteiger partial charge in [0.05, 0.1) is 4.90 Å². The lowest BCUT2D eigenvalue weighted by atomic mass is 10.2. The highest BCUT2D eigenvalue weighted by molar-refractivity contribution is 7.89. The van der Waals surface area contributed by atoms with Crippen LogP contribution in [-0.2, 0) is 26.2 Å². The number of hydrogen-bond acceptors (Lipinski definition) is 4. The average Bonchev–Trinajstić information content (AvgIpc) is 3.23. The van der Waals surface area contributed by atoms with E-state index in [1.165, 1.54) is 16.4 Å². The second-order valence-corrected chi connectivity index (χ2v) is 8.20. The van der Waals surface area contributed by atoms with Gasteiger partial charge in [0.1, 0.15) is 0 Å². The Balaban J connectivity index is 1.55. The van der Waals surface area contributed by atoms with Crippen molar-refractivity contribution >= 4 is 27.5 Å². The predicted molar refractivity (Wildman–Crippen MR) is 101 cm³/mol. The molecule has 2 aromatic rings. The van der Waals surface area contributed by atoms with Gasteiger partial charge in [0.25, 0.3) is 0 Å². The van der Waals surface area contributed by atoms with Gasteiger partial charge in [-0.05, 0) is 42.7 Å². The Kier molecular flexibility index (Phi) is 5.88. The molecular weight excluding hydrogens is 366 g/mol. The van der Waals surface area contributed by atoms with Gasteiger partial charge in [0.15, 0.2) is 0 Å². The number of nitrogens with one attached hydrogen (secondary N) is 2. The molecule has 3 rings (SSSR count). The van der Waals surface area contributed by atoms with Gasteiger partial charge in [-0.2, -0.15) is 4.31 Å². The molecule has 1 saturated heterocycles. The Morgan fingerprint density at radius 3 is 2.15 bits per heavy atom. The van der Waals surface area contributed by atoms with Crippen molar-refractivity contribution in [2.75, 3.05) is 18.4 Å². The molecule has 0 unspecified atom stereocenters. The minimum Gasteiger partial charge on any atom is -0.344 e. The summed E-state index contributed by atoms with van der Waals surface area (Å²) in [4.78, 5) is 24.0. The molecular formula is C19H21N3O4S. The Bertz CT molecular complexity index is 906. The van der Waals surface area contributed by atoms with Gasteiger partial charge < -0.3 is 10.6 Å². The van der Waals surface area contributed by atoms with E-state index in [0.29, 0.717) is 24.3 Å². The molecule has 2 aromatic carbocycles. The number of nitrogens with zero attached hydrogens (tertiary/aromatic N) is 1. The topological polar surface area (TPSA) is 95.6 Å². The summed E-state index contributed by atoms with van der Waals surface area (Å²) in [7, 11) is -3.45. The van der Waals surface area contributed by atoms with E-state index in [1.54, 1.807) is 36.4 Å². The standard InChI is InChI=1S/C19H21N3O4S/c23-18(19(24)21-16-6-2-1-3-7-16)20-14-15-8-10-17(11-9-15)27(25,26)22-12-4-5-13-22/h1-3,6-11H,4-5,12-14H2,(H,20,23)(H,21,24). The molecule has 1 aliphatic heterocycles. The van der Waals surface area contributed by atoms with Gasteiger partial charge in [0.2, 0.25) is 10.0 Å². The van der Waals surface area contributed by atoms with E-state index < -0.39 is 21.8 Å². The van der Waals surface area contributed by atoms with Crippen LogP contribution in [0.25, 0.3) is 0 Å². The van der Waals surface area contributed by atoms with Crippen molar-refractivity contribution in [1.82, 2.24) is 9.62 Å². The second kappa shape index (κ2) is 8.32. The second-order valence-electron chi connectivity index (χ2n) is 6.26. The van der Waals surface area contributed by atoms with Crippen molar-refractivity contribution < 1.29 is 18.0 Å². The van der Waals surface area contributed by atoms with E-state index in [2.05, 4.69) is 10.6 Å². The molecule has 0 bridgehead atoms. The molecule has 7 nitrogen and oxygen atoms in total. The van der Waals surface area contributed by atoms with E-state index in [1.807, 2.05) is 6.07 Å². The first-order valence-electron chi connectivity index (χ1n) is 8.70. The number of benzene rings is 2. The highest BCUT2D eigenvalue weighted by Crippen LogP contribution is 2.21. The third-order valence-corrected chi connectivity index (χ3v) is 6.23. The van der Waals surface area contributed by atoms with Crippen molar-refractivity contribution in [3.8, 4) is 0 Å². The zero-order valence-corrected chi connectivity index (χ0v) is 15.5. The molecule has 0 saturated carbocycles. The predicted octanol–water partition coefficient (Wildman–Crippen LogP) is 1.73. The van der Waals surface area contributed by atoms with Crippen molar-refractivity contribution in [2.45, 2.75) is 24.3 Å². The maximum absolute atomic E-state index is 12.5. The number of para-hydroxylation sites is 1. The van der Waals surface area contributed by atoms with Crippen LogP contribution >= 0.6 is 0 Å². The number of anilines is 1. The monoisotopic (exact) mass is 387 g/mol. The lowest BCUT2D eigenvalue weighted by Gasteiger charge is -2.15. The van der Waals surface area contributed by atoms with E-state index in [0.717, 1.165) is 12.8 Å². The van der Waals surface area contributed by atoms with Crippen molar-refractivity contribution in [3.05, 3.63) is 60.2 Å². The first-order chi connectivity index (χ1) is 13.0. The molecule has 2 N–H and O–H groups in total. The van der Waals surface area contributed by atoms with Crippen LogP contribution in [0.3, 0.4) is 0 Å². The SMILES string of the molecule is O=C(NCc1ccc(S(=O)(=O)N2CCCC2)cc1)C(=O)Nc1ccccc1. The van der Waals surface area contributed by atoms with E-state index in [9.17, 15) is 18.0 Å². The van der Waals surface area contributed by atoms with Gasteiger partial charge >= 0.3 is 11.8 Å². The van der Waals surface area contributed by atoms with Crippen LogP contribution in [0.1, 0.15) is 18.4 Å². The van der Waals surface area contributed by atoms with Crippen LogP contribution in [0.4, 0.5) is 5.69 Å². The van der Waals surface area contributed by atoms with E-state index >= 15 is 0 Å². The number of carbonyl (C=O) groups is 2. The Labute approximate surface area is 158 Å². The lowest BCUT2D eigenvalue weighted by Crippen LogP contribution is -2.34. The van der Waals surface area contributed by atoms with Crippen LogP contribution in [0.15, 0.2) is 59.5 Å². The molecule has 0 radical (unpaired) electrons. The highest BCUT2D eigenvalue weighted by atomic mass is 32.2. The van der Waals surface area contributed by atoms with Crippen LogP contribution in [0.5, 0.6) is 0 Å². The number of sulfonamides is 1. The quantitative estimate of drug-likeness (QED) is 0.764. The fourth-order valence-electron chi connectivity index (χ4n) is 2.83. The first kappa shape index (κ1) is 19.1. The fraction of sp³-hybridized carbons (Fsp3) is 0.263. The van der Waals surface area contributed by atoms with E-state index in [4.69, 9.17) is 0 Å². The van der Waals surface area contributed by atoms with Gasteiger partial charge in [-0.25, -0.2) is 8.42 Å². The molecule has 1 heterocycles. The van der Waals surface area contributed by atoms with Gasteiger partial charge in [0, 0.05) is 25.3 Å². The molecule has 27 heavy (non-hydrogen) atoms. The molecule has 2 amide bonds. The zero-order valence-electron chi connectivity index (χ0n) is 14.7. The van der Waals surface area contributed by atoms with Gasteiger partial charge in [-0.1, -0.05) is 30.3 Å². The molecule has 8 heteroatoms. The summed E-state index contributed by atoms with van der Waals surface area (Å²) in [6.07, 6.45) is 1.77. The summed E-state index contributed by atoms with van der Waals surface area (Å²) < 4.78 is 26.4. The Morgan fingerprint density at radius 1 is 0.889 bits per heavy atom. The van der Waals surface area contributed by atoms with Crippen LogP contribution < -0.4 is 10.6 Å². The summed E-state index contributed by atoms with van der Waals surface area (Å²) in [5, 5.41) is 5.02. The van der Waals surface area contributed by atoms with Crippen LogP contribution in [-0.4, -0.2) is 37.6 Å². The van der Waals surface area contributed by atoms with Crippen LogP contribution in [0.2, 0.25) is 0 Å².